The SMILES string of the molecule is CCN1CCC(O)(C(C)(C)C)C(CC)(CC)C1(CC)C(=O)O. The topological polar surface area (TPSA) is 60.8 Å². The molecule has 1 rings (SSSR count). The molecule has 0 aliphatic carbocycles. The van der Waals surface area contributed by atoms with Crippen molar-refractivity contribution in [1.82, 2.24) is 4.90 Å². The van der Waals surface area contributed by atoms with Crippen LogP contribution in [0.3, 0.4) is 0 Å². The highest BCUT2D eigenvalue weighted by atomic mass is 16.4. The third-order valence-electron chi connectivity index (χ3n) is 6.56. The molecule has 1 fully saturated rings. The van der Waals surface area contributed by atoms with Crippen LogP contribution in [0.2, 0.25) is 0 Å². The zero-order valence-corrected chi connectivity index (χ0v) is 15.5. The van der Waals surface area contributed by atoms with Gasteiger partial charge >= 0.3 is 5.97 Å². The van der Waals surface area contributed by atoms with Crippen LogP contribution in [0.5, 0.6) is 0 Å². The molecule has 0 bridgehead atoms. The Kier molecular flexibility index (Phi) is 5.41. The van der Waals surface area contributed by atoms with Gasteiger partial charge in [-0.15, -0.1) is 0 Å². The van der Waals surface area contributed by atoms with E-state index in [9.17, 15) is 15.0 Å². The predicted molar refractivity (Wildman–Crippen MR) is 89.9 cm³/mol. The number of hydrogen-bond donors (Lipinski definition) is 2. The lowest BCUT2D eigenvalue weighted by Crippen LogP contribution is -2.78. The van der Waals surface area contributed by atoms with Gasteiger partial charge in [0.15, 0.2) is 0 Å². The van der Waals surface area contributed by atoms with Gasteiger partial charge in [0.2, 0.25) is 0 Å². The molecule has 0 aromatic carbocycles. The van der Waals surface area contributed by atoms with Gasteiger partial charge in [0.05, 0.1) is 5.60 Å². The quantitative estimate of drug-likeness (QED) is 0.815. The largest absolute Gasteiger partial charge is 0.480 e. The average Bonchev–Trinajstić information content (AvgIpc) is 2.45. The van der Waals surface area contributed by atoms with Crippen LogP contribution in [-0.4, -0.2) is 45.3 Å². The van der Waals surface area contributed by atoms with E-state index in [1.54, 1.807) is 0 Å². The Bertz CT molecular complexity index is 411. The van der Waals surface area contributed by atoms with Crippen molar-refractivity contribution < 1.29 is 15.0 Å². The van der Waals surface area contributed by atoms with Gasteiger partial charge in [0.25, 0.3) is 0 Å². The molecule has 1 saturated heterocycles. The van der Waals surface area contributed by atoms with Crippen molar-refractivity contribution in [2.45, 2.75) is 85.3 Å². The van der Waals surface area contributed by atoms with Crippen molar-refractivity contribution in [2.75, 3.05) is 13.1 Å². The second-order valence-electron chi connectivity index (χ2n) is 7.75. The van der Waals surface area contributed by atoms with Crippen molar-refractivity contribution in [3.63, 3.8) is 0 Å². The van der Waals surface area contributed by atoms with Crippen LogP contribution in [0.1, 0.15) is 74.1 Å². The minimum absolute atomic E-state index is 0.366. The number of aliphatic hydroxyl groups is 1. The summed E-state index contributed by atoms with van der Waals surface area (Å²) < 4.78 is 0. The Morgan fingerprint density at radius 3 is 1.86 bits per heavy atom. The van der Waals surface area contributed by atoms with Crippen LogP contribution >= 0.6 is 0 Å². The van der Waals surface area contributed by atoms with Crippen LogP contribution in [0, 0.1) is 10.8 Å². The second kappa shape index (κ2) is 6.12. The highest BCUT2D eigenvalue weighted by Gasteiger charge is 2.70. The fourth-order valence-corrected chi connectivity index (χ4v) is 5.37. The molecule has 0 saturated carbocycles. The molecule has 2 N–H and O–H groups in total. The van der Waals surface area contributed by atoms with E-state index in [0.29, 0.717) is 38.8 Å². The number of likely N-dealkylation sites (tertiary alicyclic amines) is 1. The highest BCUT2D eigenvalue weighted by Crippen LogP contribution is 2.61. The first-order valence-corrected chi connectivity index (χ1v) is 8.75. The van der Waals surface area contributed by atoms with Gasteiger partial charge in [-0.05, 0) is 37.6 Å². The Balaban J connectivity index is 3.75. The molecule has 0 spiro atoms. The third kappa shape index (κ3) is 2.14. The molecule has 2 unspecified atom stereocenters. The van der Waals surface area contributed by atoms with Gasteiger partial charge in [-0.1, -0.05) is 48.5 Å². The Labute approximate surface area is 135 Å². The summed E-state index contributed by atoms with van der Waals surface area (Å²) in [5.41, 5.74) is -3.03. The fourth-order valence-electron chi connectivity index (χ4n) is 5.37. The molecule has 1 aliphatic heterocycles. The second-order valence-corrected chi connectivity index (χ2v) is 7.75. The number of hydrogen-bond acceptors (Lipinski definition) is 3. The van der Waals surface area contributed by atoms with Crippen molar-refractivity contribution in [2.24, 2.45) is 10.8 Å². The molecule has 0 amide bonds. The predicted octanol–water partition coefficient (Wildman–Crippen LogP) is 3.53. The van der Waals surface area contributed by atoms with Crippen LogP contribution < -0.4 is 0 Å². The number of carboxylic acid groups (broad SMARTS) is 1. The number of carbonyl (C=O) groups is 1. The maximum absolute atomic E-state index is 12.5. The number of piperidine rings is 1. The first-order chi connectivity index (χ1) is 10.0. The van der Waals surface area contributed by atoms with E-state index in [0.717, 1.165) is 0 Å². The smallest absolute Gasteiger partial charge is 0.324 e. The van der Waals surface area contributed by atoms with Crippen molar-refractivity contribution >= 4 is 5.97 Å². The zero-order chi connectivity index (χ0) is 17.4. The van der Waals surface area contributed by atoms with Gasteiger partial charge in [-0.2, -0.15) is 0 Å². The summed E-state index contributed by atoms with van der Waals surface area (Å²) in [7, 11) is 0. The third-order valence-corrected chi connectivity index (χ3v) is 6.56. The number of rotatable bonds is 5. The molecule has 0 radical (unpaired) electrons. The molecule has 4 nitrogen and oxygen atoms in total. The molecular formula is C18H35NO3. The molecular weight excluding hydrogens is 278 g/mol. The lowest BCUT2D eigenvalue weighted by molar-refractivity contribution is -0.256. The number of likely N-dealkylation sites (N-methyl/N-ethyl adjacent to an activating group) is 1. The Hall–Kier alpha value is -0.610. The molecule has 22 heavy (non-hydrogen) atoms. The lowest BCUT2D eigenvalue weighted by Gasteiger charge is -2.66. The van der Waals surface area contributed by atoms with Crippen LogP contribution in [0.15, 0.2) is 0 Å². The van der Waals surface area contributed by atoms with E-state index < -0.39 is 22.5 Å². The first-order valence-electron chi connectivity index (χ1n) is 8.75. The van der Waals surface area contributed by atoms with Crippen LogP contribution in [-0.2, 0) is 4.79 Å². The van der Waals surface area contributed by atoms with Gasteiger partial charge in [0.1, 0.15) is 5.54 Å². The molecule has 4 heteroatoms. The molecule has 1 aliphatic rings. The Morgan fingerprint density at radius 1 is 1.09 bits per heavy atom. The number of carboxylic acids is 1. The lowest BCUT2D eigenvalue weighted by atomic mass is 9.46. The zero-order valence-electron chi connectivity index (χ0n) is 15.5. The van der Waals surface area contributed by atoms with E-state index in [1.165, 1.54) is 0 Å². The summed E-state index contributed by atoms with van der Waals surface area (Å²) in [5.74, 6) is -0.789. The van der Waals surface area contributed by atoms with Crippen molar-refractivity contribution in [1.29, 1.82) is 0 Å². The van der Waals surface area contributed by atoms with E-state index >= 15 is 0 Å². The maximum Gasteiger partial charge on any atom is 0.324 e. The Morgan fingerprint density at radius 2 is 1.59 bits per heavy atom. The van der Waals surface area contributed by atoms with E-state index in [4.69, 9.17) is 0 Å². The summed E-state index contributed by atoms with van der Waals surface area (Å²) in [6.45, 7) is 15.5. The summed E-state index contributed by atoms with van der Waals surface area (Å²) in [6.07, 6.45) is 2.46. The van der Waals surface area contributed by atoms with Gasteiger partial charge in [-0.3, -0.25) is 9.69 Å². The fraction of sp³-hybridized carbons (Fsp3) is 0.944. The highest BCUT2D eigenvalue weighted by molar-refractivity contribution is 5.81. The molecule has 130 valence electrons. The first kappa shape index (κ1) is 19.4. The minimum atomic E-state index is -1.01. The minimum Gasteiger partial charge on any atom is -0.480 e. The van der Waals surface area contributed by atoms with Crippen LogP contribution in [0.25, 0.3) is 0 Å². The van der Waals surface area contributed by atoms with E-state index in [2.05, 4.69) is 4.90 Å². The summed E-state index contributed by atoms with van der Waals surface area (Å²) >= 11 is 0. The summed E-state index contributed by atoms with van der Waals surface area (Å²) in [5, 5.41) is 22.0. The van der Waals surface area contributed by atoms with Gasteiger partial charge in [0, 0.05) is 12.0 Å². The van der Waals surface area contributed by atoms with Gasteiger partial charge in [-0.25, -0.2) is 0 Å². The summed E-state index contributed by atoms with van der Waals surface area (Å²) in [4.78, 5) is 14.6. The van der Waals surface area contributed by atoms with E-state index in [1.807, 2.05) is 48.5 Å². The molecule has 0 aromatic heterocycles. The van der Waals surface area contributed by atoms with Gasteiger partial charge < -0.3 is 10.2 Å². The van der Waals surface area contributed by atoms with E-state index in [-0.39, 0.29) is 5.41 Å². The molecule has 1 heterocycles. The molecule has 2 atom stereocenters. The van der Waals surface area contributed by atoms with Crippen molar-refractivity contribution in [3.05, 3.63) is 0 Å². The standard InChI is InChI=1S/C18H35NO3/c1-8-16(9-2)17(10-3,14(20)21)19(11-4)13-12-18(16,22)15(5,6)7/h22H,8-13H2,1-7H3,(H,20,21). The van der Waals surface area contributed by atoms with Crippen molar-refractivity contribution in [3.8, 4) is 0 Å². The summed E-state index contributed by atoms with van der Waals surface area (Å²) in [6, 6.07) is 0. The average molecular weight is 313 g/mol. The normalized spacial score (nSPS) is 32.9. The monoisotopic (exact) mass is 313 g/mol. The number of nitrogens with zero attached hydrogens (tertiary/aromatic N) is 1. The number of aliphatic carboxylic acids is 1. The maximum atomic E-state index is 12.5. The van der Waals surface area contributed by atoms with Crippen LogP contribution in [0.4, 0.5) is 0 Å². The molecule has 0 aromatic rings.